The number of anilines is 1. The van der Waals surface area contributed by atoms with Crippen molar-refractivity contribution in [3.8, 4) is 5.75 Å². The van der Waals surface area contributed by atoms with E-state index in [1.165, 1.54) is 19.2 Å². The highest BCUT2D eigenvalue weighted by molar-refractivity contribution is 5.95. The van der Waals surface area contributed by atoms with Crippen LogP contribution in [0.15, 0.2) is 18.2 Å². The Morgan fingerprint density at radius 3 is 2.50 bits per heavy atom. The number of nitrogens with one attached hydrogen (secondary N) is 1. The Labute approximate surface area is 90.2 Å². The molecule has 16 heavy (non-hydrogen) atoms. The van der Waals surface area contributed by atoms with Crippen molar-refractivity contribution in [2.75, 3.05) is 12.4 Å². The van der Waals surface area contributed by atoms with E-state index in [0.29, 0.717) is 11.3 Å². The number of ether oxygens (including phenoxy) is 1. The Bertz CT molecular complexity index is 402. The van der Waals surface area contributed by atoms with Gasteiger partial charge < -0.3 is 10.1 Å². The summed E-state index contributed by atoms with van der Waals surface area (Å²) < 4.78 is 40.9. The molecule has 0 fully saturated rings. The minimum Gasteiger partial charge on any atom is -0.496 e. The molecule has 0 aliphatic rings. The van der Waals surface area contributed by atoms with Crippen molar-refractivity contribution < 1.29 is 22.7 Å². The summed E-state index contributed by atoms with van der Waals surface area (Å²) in [5.74, 6) is -1.58. The number of carbonyl (C=O) groups excluding carboxylic acids is 1. The van der Waals surface area contributed by atoms with Gasteiger partial charge in [-0.15, -0.1) is 0 Å². The molecule has 1 aromatic carbocycles. The summed E-state index contributed by atoms with van der Waals surface area (Å²) in [5.41, 5.74) is 0.532. The lowest BCUT2D eigenvalue weighted by atomic mass is 10.2. The molecule has 0 aliphatic carbocycles. The van der Waals surface area contributed by atoms with Gasteiger partial charge in [0.25, 0.3) is 0 Å². The third-order valence-electron chi connectivity index (χ3n) is 2.01. The predicted molar refractivity (Wildman–Crippen MR) is 52.4 cm³/mol. The Hall–Kier alpha value is -1.72. The first-order chi connectivity index (χ1) is 7.36. The van der Waals surface area contributed by atoms with Crippen LogP contribution in [0.25, 0.3) is 0 Å². The van der Waals surface area contributed by atoms with Gasteiger partial charge in [0.2, 0.25) is 0 Å². The topological polar surface area (TPSA) is 38.3 Å². The Morgan fingerprint density at radius 2 is 2.00 bits per heavy atom. The number of benzene rings is 1. The largest absolute Gasteiger partial charge is 0.496 e. The van der Waals surface area contributed by atoms with E-state index in [2.05, 4.69) is 0 Å². The number of carbonyl (C=O) groups is 1. The molecule has 0 bridgehead atoms. The van der Waals surface area contributed by atoms with Crippen LogP contribution in [-0.2, 0) is 4.79 Å². The lowest BCUT2D eigenvalue weighted by Gasteiger charge is -2.12. The quantitative estimate of drug-likeness (QED) is 0.852. The van der Waals surface area contributed by atoms with Crippen LogP contribution in [0.2, 0.25) is 0 Å². The van der Waals surface area contributed by atoms with Gasteiger partial charge in [-0.25, -0.2) is 0 Å². The van der Waals surface area contributed by atoms with E-state index in [0.717, 1.165) is 0 Å². The van der Waals surface area contributed by atoms with Gasteiger partial charge >= 0.3 is 12.1 Å². The summed E-state index contributed by atoms with van der Waals surface area (Å²) in [7, 11) is 1.40. The summed E-state index contributed by atoms with van der Waals surface area (Å²) in [4.78, 5) is 10.7. The molecule has 0 unspecified atom stereocenters. The third kappa shape index (κ3) is 2.65. The number of amides is 1. The zero-order valence-corrected chi connectivity index (χ0v) is 8.68. The SMILES string of the molecule is COc1cccc(NC(=O)C(F)(F)F)c1C. The molecular weight excluding hydrogens is 223 g/mol. The fraction of sp³-hybridized carbons (Fsp3) is 0.300. The molecule has 0 saturated carbocycles. The molecule has 6 heteroatoms. The zero-order valence-electron chi connectivity index (χ0n) is 8.68. The molecule has 0 saturated heterocycles. The van der Waals surface area contributed by atoms with E-state index in [1.807, 2.05) is 0 Å². The first-order valence-electron chi connectivity index (χ1n) is 4.38. The number of methoxy groups -OCH3 is 1. The maximum Gasteiger partial charge on any atom is 0.471 e. The van der Waals surface area contributed by atoms with Crippen molar-refractivity contribution in [1.29, 1.82) is 0 Å². The second-order valence-electron chi connectivity index (χ2n) is 3.08. The van der Waals surface area contributed by atoms with Crippen LogP contribution in [-0.4, -0.2) is 19.2 Å². The molecular formula is C10H10F3NO2. The lowest BCUT2D eigenvalue weighted by Crippen LogP contribution is -2.30. The zero-order chi connectivity index (χ0) is 12.3. The van der Waals surface area contributed by atoms with E-state index >= 15 is 0 Å². The van der Waals surface area contributed by atoms with E-state index < -0.39 is 12.1 Å². The van der Waals surface area contributed by atoms with Crippen LogP contribution >= 0.6 is 0 Å². The normalized spacial score (nSPS) is 11.1. The molecule has 0 atom stereocenters. The first kappa shape index (κ1) is 12.4. The number of rotatable bonds is 2. The van der Waals surface area contributed by atoms with Crippen LogP contribution in [0.4, 0.5) is 18.9 Å². The van der Waals surface area contributed by atoms with Crippen molar-refractivity contribution in [2.24, 2.45) is 0 Å². The van der Waals surface area contributed by atoms with E-state index in [-0.39, 0.29) is 5.69 Å². The second kappa shape index (κ2) is 4.42. The average molecular weight is 233 g/mol. The average Bonchev–Trinajstić information content (AvgIpc) is 2.19. The minimum atomic E-state index is -4.89. The summed E-state index contributed by atoms with van der Waals surface area (Å²) in [5, 5.41) is 1.78. The molecule has 1 aromatic rings. The molecule has 0 aliphatic heterocycles. The van der Waals surface area contributed by atoms with Gasteiger partial charge in [0.1, 0.15) is 5.75 Å². The Kier molecular flexibility index (Phi) is 3.41. The van der Waals surface area contributed by atoms with Gasteiger partial charge in [-0.1, -0.05) is 6.07 Å². The highest BCUT2D eigenvalue weighted by Crippen LogP contribution is 2.26. The van der Waals surface area contributed by atoms with E-state index in [4.69, 9.17) is 4.74 Å². The Balaban J connectivity index is 2.94. The number of halogens is 3. The maximum atomic E-state index is 12.0. The fourth-order valence-electron chi connectivity index (χ4n) is 1.16. The number of hydrogen-bond donors (Lipinski definition) is 1. The van der Waals surface area contributed by atoms with Crippen molar-refractivity contribution in [3.63, 3.8) is 0 Å². The molecule has 3 nitrogen and oxygen atoms in total. The van der Waals surface area contributed by atoms with Gasteiger partial charge in [0, 0.05) is 11.3 Å². The monoisotopic (exact) mass is 233 g/mol. The van der Waals surface area contributed by atoms with Crippen LogP contribution < -0.4 is 10.1 Å². The minimum absolute atomic E-state index is 0.0849. The highest BCUT2D eigenvalue weighted by atomic mass is 19.4. The van der Waals surface area contributed by atoms with Crippen molar-refractivity contribution >= 4 is 11.6 Å². The smallest absolute Gasteiger partial charge is 0.471 e. The van der Waals surface area contributed by atoms with Gasteiger partial charge in [-0.05, 0) is 19.1 Å². The van der Waals surface area contributed by atoms with Crippen LogP contribution in [0.1, 0.15) is 5.56 Å². The first-order valence-corrected chi connectivity index (χ1v) is 4.38. The van der Waals surface area contributed by atoms with Gasteiger partial charge in [0.15, 0.2) is 0 Å². The molecule has 88 valence electrons. The number of hydrogen-bond acceptors (Lipinski definition) is 2. The molecule has 0 aromatic heterocycles. The van der Waals surface area contributed by atoms with E-state index in [9.17, 15) is 18.0 Å². The molecule has 1 amide bonds. The number of alkyl halides is 3. The predicted octanol–water partition coefficient (Wildman–Crippen LogP) is 2.50. The summed E-state index contributed by atoms with van der Waals surface area (Å²) >= 11 is 0. The lowest BCUT2D eigenvalue weighted by molar-refractivity contribution is -0.167. The molecule has 0 heterocycles. The molecule has 1 N–H and O–H groups in total. The van der Waals surface area contributed by atoms with Gasteiger partial charge in [0.05, 0.1) is 7.11 Å². The van der Waals surface area contributed by atoms with Gasteiger partial charge in [-0.2, -0.15) is 13.2 Å². The van der Waals surface area contributed by atoms with Crippen LogP contribution in [0, 0.1) is 6.92 Å². The molecule has 0 spiro atoms. The summed E-state index contributed by atoms with van der Waals surface area (Å²) in [6.07, 6.45) is -4.89. The summed E-state index contributed by atoms with van der Waals surface area (Å²) in [6, 6.07) is 4.47. The van der Waals surface area contributed by atoms with E-state index in [1.54, 1.807) is 18.3 Å². The fourth-order valence-corrected chi connectivity index (χ4v) is 1.16. The van der Waals surface area contributed by atoms with Crippen molar-refractivity contribution in [2.45, 2.75) is 13.1 Å². The standard InChI is InChI=1S/C10H10F3NO2/c1-6-7(4-3-5-8(6)16-2)14-9(15)10(11,12)13/h3-5H,1-2H3,(H,14,15). The highest BCUT2D eigenvalue weighted by Gasteiger charge is 2.38. The van der Waals surface area contributed by atoms with Crippen LogP contribution in [0.5, 0.6) is 5.75 Å². The van der Waals surface area contributed by atoms with Crippen molar-refractivity contribution in [3.05, 3.63) is 23.8 Å². The second-order valence-corrected chi connectivity index (χ2v) is 3.08. The van der Waals surface area contributed by atoms with Gasteiger partial charge in [-0.3, -0.25) is 4.79 Å². The molecule has 0 radical (unpaired) electrons. The van der Waals surface area contributed by atoms with Crippen LogP contribution in [0.3, 0.4) is 0 Å². The molecule has 1 rings (SSSR count). The van der Waals surface area contributed by atoms with Crippen molar-refractivity contribution in [1.82, 2.24) is 0 Å². The maximum absolute atomic E-state index is 12.0. The summed E-state index contributed by atoms with van der Waals surface area (Å²) in [6.45, 7) is 1.56. The Morgan fingerprint density at radius 1 is 1.38 bits per heavy atom. The third-order valence-corrected chi connectivity index (χ3v) is 2.01.